The highest BCUT2D eigenvalue weighted by atomic mass is 35.5. The molecule has 0 saturated heterocycles. The second-order valence-electron chi connectivity index (χ2n) is 8.60. The van der Waals surface area contributed by atoms with Crippen molar-refractivity contribution < 1.29 is 23.8 Å². The fourth-order valence-corrected chi connectivity index (χ4v) is 4.36. The van der Waals surface area contributed by atoms with Gasteiger partial charge in [-0.25, -0.2) is 0 Å². The number of fused-ring (bicyclic) bond motifs is 1. The SMILES string of the molecule is COc1cc(/C=C/C(=O)Nc2cnc3c(C)c(Cl)ccc3c2-c2ccccc2C)cc(OC)c1OC(C)=O. The monoisotopic (exact) mass is 530 g/mol. The minimum atomic E-state index is -0.504. The Morgan fingerprint density at radius 2 is 1.68 bits per heavy atom. The average molecular weight is 531 g/mol. The Kier molecular flexibility index (Phi) is 7.98. The molecule has 38 heavy (non-hydrogen) atoms. The van der Waals surface area contributed by atoms with Crippen LogP contribution in [-0.2, 0) is 9.59 Å². The number of aryl methyl sites for hydroxylation is 2. The number of hydrogen-bond acceptors (Lipinski definition) is 6. The van der Waals surface area contributed by atoms with Crippen molar-refractivity contribution >= 4 is 46.1 Å². The van der Waals surface area contributed by atoms with E-state index in [-0.39, 0.29) is 11.7 Å². The highest BCUT2D eigenvalue weighted by molar-refractivity contribution is 6.32. The summed E-state index contributed by atoms with van der Waals surface area (Å²) in [5.74, 6) is -0.0862. The molecule has 0 bridgehead atoms. The number of esters is 1. The summed E-state index contributed by atoms with van der Waals surface area (Å²) in [4.78, 5) is 29.1. The molecule has 1 amide bonds. The number of nitrogens with one attached hydrogen (secondary N) is 1. The normalized spacial score (nSPS) is 11.0. The van der Waals surface area contributed by atoms with Crippen molar-refractivity contribution in [2.75, 3.05) is 19.5 Å². The molecule has 4 aromatic rings. The first-order valence-corrected chi connectivity index (χ1v) is 12.2. The quantitative estimate of drug-likeness (QED) is 0.161. The zero-order valence-electron chi connectivity index (χ0n) is 21.7. The Balaban J connectivity index is 1.72. The number of aromatic nitrogens is 1. The maximum absolute atomic E-state index is 13.1. The number of amides is 1. The second kappa shape index (κ2) is 11.4. The van der Waals surface area contributed by atoms with E-state index in [1.54, 1.807) is 24.4 Å². The van der Waals surface area contributed by atoms with Crippen molar-refractivity contribution in [3.63, 3.8) is 0 Å². The molecule has 0 spiro atoms. The van der Waals surface area contributed by atoms with Crippen LogP contribution >= 0.6 is 11.6 Å². The van der Waals surface area contributed by atoms with Crippen LogP contribution in [0.5, 0.6) is 17.2 Å². The van der Waals surface area contributed by atoms with E-state index in [4.69, 9.17) is 25.8 Å². The summed E-state index contributed by atoms with van der Waals surface area (Å²) in [6.45, 7) is 5.24. The average Bonchev–Trinajstić information content (AvgIpc) is 2.90. The number of carbonyl (C=O) groups excluding carboxylic acids is 2. The second-order valence-corrected chi connectivity index (χ2v) is 9.01. The molecule has 1 aromatic heterocycles. The largest absolute Gasteiger partial charge is 0.493 e. The van der Waals surface area contributed by atoms with Crippen molar-refractivity contribution in [3.05, 3.63) is 82.5 Å². The lowest BCUT2D eigenvalue weighted by molar-refractivity contribution is -0.132. The molecule has 0 aliphatic carbocycles. The Morgan fingerprint density at radius 3 is 2.32 bits per heavy atom. The summed E-state index contributed by atoms with van der Waals surface area (Å²) >= 11 is 6.36. The van der Waals surface area contributed by atoms with Crippen molar-refractivity contribution in [2.45, 2.75) is 20.8 Å². The van der Waals surface area contributed by atoms with E-state index in [1.165, 1.54) is 27.2 Å². The van der Waals surface area contributed by atoms with Gasteiger partial charge in [0.2, 0.25) is 11.7 Å². The smallest absolute Gasteiger partial charge is 0.308 e. The zero-order valence-corrected chi connectivity index (χ0v) is 22.5. The van der Waals surface area contributed by atoms with Gasteiger partial charge in [-0.1, -0.05) is 41.9 Å². The molecule has 0 fully saturated rings. The van der Waals surface area contributed by atoms with Crippen molar-refractivity contribution in [2.24, 2.45) is 0 Å². The van der Waals surface area contributed by atoms with Crippen LogP contribution in [0.2, 0.25) is 5.02 Å². The molecule has 7 nitrogen and oxygen atoms in total. The van der Waals surface area contributed by atoms with Crippen LogP contribution in [0.15, 0.2) is 60.8 Å². The molecule has 0 aliphatic rings. The van der Waals surface area contributed by atoms with Crippen LogP contribution in [-0.4, -0.2) is 31.1 Å². The van der Waals surface area contributed by atoms with E-state index >= 15 is 0 Å². The van der Waals surface area contributed by atoms with Crippen LogP contribution in [0.4, 0.5) is 5.69 Å². The number of anilines is 1. The molecule has 3 aromatic carbocycles. The molecule has 0 unspecified atom stereocenters. The first-order chi connectivity index (χ1) is 18.2. The van der Waals surface area contributed by atoms with Gasteiger partial charge in [0, 0.05) is 29.0 Å². The third-order valence-electron chi connectivity index (χ3n) is 6.05. The van der Waals surface area contributed by atoms with Gasteiger partial charge in [0.15, 0.2) is 11.5 Å². The van der Waals surface area contributed by atoms with Gasteiger partial charge in [0.1, 0.15) is 0 Å². The first kappa shape index (κ1) is 26.7. The van der Waals surface area contributed by atoms with Crippen LogP contribution in [0, 0.1) is 13.8 Å². The van der Waals surface area contributed by atoms with Gasteiger partial charge in [0.25, 0.3) is 0 Å². The number of halogens is 1. The van der Waals surface area contributed by atoms with Gasteiger partial charge in [-0.3, -0.25) is 14.6 Å². The summed E-state index contributed by atoms with van der Waals surface area (Å²) in [6.07, 6.45) is 4.67. The maximum Gasteiger partial charge on any atom is 0.308 e. The Labute approximate surface area is 226 Å². The highest BCUT2D eigenvalue weighted by Gasteiger charge is 2.18. The van der Waals surface area contributed by atoms with Crippen molar-refractivity contribution in [1.82, 2.24) is 4.98 Å². The Morgan fingerprint density at radius 1 is 1.00 bits per heavy atom. The molecule has 4 rings (SSSR count). The van der Waals surface area contributed by atoms with E-state index in [0.717, 1.165) is 33.2 Å². The van der Waals surface area contributed by atoms with Crippen LogP contribution < -0.4 is 19.5 Å². The molecule has 194 valence electrons. The molecular formula is C30H27ClN2O5. The van der Waals surface area contributed by atoms with Gasteiger partial charge in [-0.15, -0.1) is 0 Å². The summed E-state index contributed by atoms with van der Waals surface area (Å²) in [6, 6.07) is 15.0. The molecule has 0 saturated carbocycles. The third-order valence-corrected chi connectivity index (χ3v) is 6.46. The molecule has 8 heteroatoms. The lowest BCUT2D eigenvalue weighted by Gasteiger charge is -2.16. The van der Waals surface area contributed by atoms with Gasteiger partial charge in [-0.2, -0.15) is 0 Å². The predicted molar refractivity (Wildman–Crippen MR) is 150 cm³/mol. The number of carbonyl (C=O) groups is 2. The van der Waals surface area contributed by atoms with E-state index in [2.05, 4.69) is 10.3 Å². The van der Waals surface area contributed by atoms with Gasteiger partial charge in [-0.05, 0) is 60.4 Å². The number of pyridine rings is 1. The summed E-state index contributed by atoms with van der Waals surface area (Å²) in [5, 5.41) is 4.49. The number of ether oxygens (including phenoxy) is 3. The van der Waals surface area contributed by atoms with E-state index in [0.29, 0.717) is 27.8 Å². The number of rotatable bonds is 7. The number of methoxy groups -OCH3 is 2. The van der Waals surface area contributed by atoms with Crippen LogP contribution in [0.3, 0.4) is 0 Å². The molecular weight excluding hydrogens is 504 g/mol. The Bertz CT molecular complexity index is 1550. The molecule has 1 N–H and O–H groups in total. The van der Waals surface area contributed by atoms with Crippen molar-refractivity contribution in [3.8, 4) is 28.4 Å². The third kappa shape index (κ3) is 5.48. The molecule has 0 radical (unpaired) electrons. The van der Waals surface area contributed by atoms with Crippen LogP contribution in [0.1, 0.15) is 23.6 Å². The fourth-order valence-electron chi connectivity index (χ4n) is 4.21. The van der Waals surface area contributed by atoms with Gasteiger partial charge < -0.3 is 19.5 Å². The lowest BCUT2D eigenvalue weighted by Crippen LogP contribution is -2.10. The van der Waals surface area contributed by atoms with Gasteiger partial charge >= 0.3 is 5.97 Å². The summed E-state index contributed by atoms with van der Waals surface area (Å²) in [7, 11) is 2.91. The van der Waals surface area contributed by atoms with Crippen LogP contribution in [0.25, 0.3) is 28.1 Å². The zero-order chi connectivity index (χ0) is 27.4. The predicted octanol–water partition coefficient (Wildman–Crippen LogP) is 6.77. The number of benzene rings is 3. The molecule has 0 atom stereocenters. The topological polar surface area (TPSA) is 86.8 Å². The highest BCUT2D eigenvalue weighted by Crippen LogP contribution is 2.40. The van der Waals surface area contributed by atoms with Crippen molar-refractivity contribution in [1.29, 1.82) is 0 Å². The minimum Gasteiger partial charge on any atom is -0.493 e. The van der Waals surface area contributed by atoms with E-state index < -0.39 is 5.97 Å². The van der Waals surface area contributed by atoms with E-state index in [1.807, 2.05) is 50.2 Å². The maximum atomic E-state index is 13.1. The first-order valence-electron chi connectivity index (χ1n) is 11.8. The van der Waals surface area contributed by atoms with E-state index in [9.17, 15) is 9.59 Å². The summed E-state index contributed by atoms with van der Waals surface area (Å²) in [5.41, 5.74) is 5.74. The standard InChI is InChI=1S/C30H27ClN2O5/c1-17-8-6-7-9-21(17)28-22-11-12-23(31)18(2)29(22)32-16-24(28)33-27(35)13-10-20-14-25(36-4)30(38-19(3)34)26(15-20)37-5/h6-16H,1-5H3,(H,33,35)/b13-10+. The summed E-state index contributed by atoms with van der Waals surface area (Å²) < 4.78 is 15.9. The molecule has 0 aliphatic heterocycles. The number of hydrogen-bond donors (Lipinski definition) is 1. The van der Waals surface area contributed by atoms with Gasteiger partial charge in [0.05, 0.1) is 31.6 Å². The lowest BCUT2D eigenvalue weighted by atomic mass is 9.95. The Hall–Kier alpha value is -4.36. The number of nitrogens with zero attached hydrogens (tertiary/aromatic N) is 1. The fraction of sp³-hybridized carbons (Fsp3) is 0.167. The molecule has 1 heterocycles. The minimum absolute atomic E-state index is 0.171.